The number of hydrogen-bond acceptors (Lipinski definition) is 3. The highest BCUT2D eigenvalue weighted by atomic mass is 32.1. The minimum absolute atomic E-state index is 0.184. The van der Waals surface area contributed by atoms with Gasteiger partial charge in [-0.1, -0.05) is 18.2 Å². The maximum absolute atomic E-state index is 12.7. The second kappa shape index (κ2) is 7.25. The van der Waals surface area contributed by atoms with Crippen molar-refractivity contribution < 1.29 is 0 Å². The Hall–Kier alpha value is -2.39. The van der Waals surface area contributed by atoms with Crippen molar-refractivity contribution in [2.75, 3.05) is 12.4 Å². The molecule has 0 spiro atoms. The molecular weight excluding hydrogens is 332 g/mol. The van der Waals surface area contributed by atoms with Crippen LogP contribution in [0, 0.1) is 6.92 Å². The van der Waals surface area contributed by atoms with Gasteiger partial charge in [0.15, 0.2) is 10.2 Å². The van der Waals surface area contributed by atoms with Crippen LogP contribution in [0.15, 0.2) is 35.1 Å². The van der Waals surface area contributed by atoms with Gasteiger partial charge in [-0.3, -0.25) is 20.3 Å². The van der Waals surface area contributed by atoms with Crippen molar-refractivity contribution in [3.63, 3.8) is 0 Å². The maximum atomic E-state index is 12.7. The molecule has 0 unspecified atom stereocenters. The molecule has 0 aliphatic carbocycles. The minimum Gasteiger partial charge on any atom is -0.364 e. The highest BCUT2D eigenvalue weighted by Crippen LogP contribution is 2.13. The maximum Gasteiger partial charge on any atom is 0.295 e. The topological polar surface area (TPSA) is 75.0 Å². The molecule has 0 amide bonds. The van der Waals surface area contributed by atoms with Gasteiger partial charge in [0, 0.05) is 14.1 Å². The molecule has 1 aromatic heterocycles. The summed E-state index contributed by atoms with van der Waals surface area (Å²) in [7, 11) is 3.51. The third-order valence-corrected chi connectivity index (χ3v) is 3.82. The molecule has 2 aromatic rings. The Balaban J connectivity index is 2.26. The fourth-order valence-electron chi connectivity index (χ4n) is 2.03. The van der Waals surface area contributed by atoms with Crippen LogP contribution in [-0.2, 0) is 7.05 Å². The third kappa shape index (κ3) is 3.69. The van der Waals surface area contributed by atoms with Crippen molar-refractivity contribution in [3.8, 4) is 5.69 Å². The molecule has 0 saturated heterocycles. The van der Waals surface area contributed by atoms with Gasteiger partial charge in [-0.15, -0.1) is 0 Å². The molecule has 4 N–H and O–H groups in total. The number of benzene rings is 1. The Morgan fingerprint density at radius 1 is 1.09 bits per heavy atom. The predicted octanol–water partition coefficient (Wildman–Crippen LogP) is 0.780. The van der Waals surface area contributed by atoms with E-state index >= 15 is 0 Å². The van der Waals surface area contributed by atoms with Gasteiger partial charge in [-0.2, -0.15) is 0 Å². The van der Waals surface area contributed by atoms with E-state index in [9.17, 15) is 4.79 Å². The lowest BCUT2D eigenvalue weighted by molar-refractivity contribution is 0.630. The second-order valence-corrected chi connectivity index (χ2v) is 5.54. The first-order valence-corrected chi connectivity index (χ1v) is 7.66. The zero-order chi connectivity index (χ0) is 17.0. The van der Waals surface area contributed by atoms with E-state index in [-0.39, 0.29) is 10.7 Å². The predicted molar refractivity (Wildman–Crippen MR) is 99.9 cm³/mol. The van der Waals surface area contributed by atoms with Crippen LogP contribution >= 0.6 is 24.4 Å². The molecule has 1 heterocycles. The van der Waals surface area contributed by atoms with Crippen LogP contribution in [0.2, 0.25) is 0 Å². The molecule has 0 atom stereocenters. The molecule has 0 bridgehead atoms. The van der Waals surface area contributed by atoms with E-state index in [1.54, 1.807) is 16.4 Å². The van der Waals surface area contributed by atoms with Gasteiger partial charge in [-0.25, -0.2) is 4.68 Å². The highest BCUT2D eigenvalue weighted by Gasteiger charge is 2.16. The molecule has 9 heteroatoms. The van der Waals surface area contributed by atoms with E-state index in [1.165, 1.54) is 0 Å². The zero-order valence-corrected chi connectivity index (χ0v) is 14.6. The van der Waals surface area contributed by atoms with E-state index in [4.69, 9.17) is 24.4 Å². The number of aromatic nitrogens is 2. The van der Waals surface area contributed by atoms with E-state index < -0.39 is 0 Å². The SMILES string of the molecule is CNC(=S)NNC(=S)Nc1c(C)n(C)n(-c2ccccc2)c1=O. The number of para-hydroxylation sites is 1. The molecular formula is C14H18N6OS2. The number of rotatable bonds is 2. The van der Waals surface area contributed by atoms with E-state index in [0.717, 1.165) is 11.4 Å². The first-order chi connectivity index (χ1) is 11.0. The Morgan fingerprint density at radius 3 is 2.30 bits per heavy atom. The summed E-state index contributed by atoms with van der Waals surface area (Å²) in [5.41, 5.74) is 7.18. The normalized spacial score (nSPS) is 10.0. The summed E-state index contributed by atoms with van der Waals surface area (Å²) in [6.07, 6.45) is 0. The molecule has 2 rings (SSSR count). The summed E-state index contributed by atoms with van der Waals surface area (Å²) in [5.74, 6) is 0. The van der Waals surface area contributed by atoms with Crippen molar-refractivity contribution in [1.82, 2.24) is 25.5 Å². The Kier molecular flexibility index (Phi) is 5.35. The van der Waals surface area contributed by atoms with Crippen LogP contribution < -0.4 is 27.0 Å². The van der Waals surface area contributed by atoms with Crippen LogP contribution in [0.3, 0.4) is 0 Å². The first-order valence-electron chi connectivity index (χ1n) is 6.84. The molecule has 122 valence electrons. The lowest BCUT2D eigenvalue weighted by Crippen LogP contribution is -2.47. The molecule has 0 aliphatic rings. The Labute approximate surface area is 144 Å². The van der Waals surface area contributed by atoms with Gasteiger partial charge in [0.25, 0.3) is 5.56 Å². The average molecular weight is 350 g/mol. The van der Waals surface area contributed by atoms with Crippen LogP contribution in [0.25, 0.3) is 5.69 Å². The number of hydrogen-bond donors (Lipinski definition) is 4. The van der Waals surface area contributed by atoms with E-state index in [0.29, 0.717) is 10.8 Å². The van der Waals surface area contributed by atoms with Crippen LogP contribution in [0.1, 0.15) is 5.69 Å². The molecule has 23 heavy (non-hydrogen) atoms. The third-order valence-electron chi connectivity index (χ3n) is 3.31. The quantitative estimate of drug-likeness (QED) is 0.471. The number of thiocarbonyl (C=S) groups is 2. The Morgan fingerprint density at radius 2 is 1.70 bits per heavy atom. The monoisotopic (exact) mass is 350 g/mol. The lowest BCUT2D eigenvalue weighted by Gasteiger charge is -2.11. The summed E-state index contributed by atoms with van der Waals surface area (Å²) >= 11 is 10.1. The van der Waals surface area contributed by atoms with Gasteiger partial charge in [0.05, 0.1) is 11.4 Å². The molecule has 0 aliphatic heterocycles. The van der Waals surface area contributed by atoms with E-state index in [2.05, 4.69) is 21.5 Å². The molecule has 0 fully saturated rings. The number of nitrogens with one attached hydrogen (secondary N) is 4. The van der Waals surface area contributed by atoms with Gasteiger partial charge >= 0.3 is 0 Å². The largest absolute Gasteiger partial charge is 0.364 e. The van der Waals surface area contributed by atoms with Gasteiger partial charge < -0.3 is 10.6 Å². The van der Waals surface area contributed by atoms with E-state index in [1.807, 2.05) is 44.3 Å². The fourth-order valence-corrected chi connectivity index (χ4v) is 2.24. The van der Waals surface area contributed by atoms with Crippen molar-refractivity contribution in [2.45, 2.75) is 6.92 Å². The fraction of sp³-hybridized carbons (Fsp3) is 0.214. The standard InChI is InChI=1S/C14H18N6OS2/c1-9-11(16-14(23)18-17-13(22)15-2)12(21)20(19(9)3)10-7-5-4-6-8-10/h4-8H,1-3H3,(H2,15,17,22)(H2,16,18,23). The molecule has 1 aromatic carbocycles. The van der Waals surface area contributed by atoms with Gasteiger partial charge in [0.2, 0.25) is 0 Å². The number of anilines is 1. The summed E-state index contributed by atoms with van der Waals surface area (Å²) in [5, 5.41) is 6.28. The van der Waals surface area contributed by atoms with Crippen molar-refractivity contribution in [1.29, 1.82) is 0 Å². The first kappa shape index (κ1) is 17.0. The smallest absolute Gasteiger partial charge is 0.295 e. The average Bonchev–Trinajstić information content (AvgIpc) is 2.77. The summed E-state index contributed by atoms with van der Waals surface area (Å²) in [4.78, 5) is 12.7. The Bertz CT molecular complexity index is 781. The van der Waals surface area contributed by atoms with Crippen LogP contribution in [0.5, 0.6) is 0 Å². The summed E-state index contributed by atoms with van der Waals surface area (Å²) in [6.45, 7) is 1.84. The van der Waals surface area contributed by atoms with Crippen molar-refractivity contribution in [2.24, 2.45) is 7.05 Å². The highest BCUT2D eigenvalue weighted by molar-refractivity contribution is 7.80. The minimum atomic E-state index is -0.184. The molecule has 0 radical (unpaired) electrons. The van der Waals surface area contributed by atoms with Gasteiger partial charge in [0.1, 0.15) is 5.69 Å². The molecule has 7 nitrogen and oxygen atoms in total. The zero-order valence-electron chi connectivity index (χ0n) is 13.0. The van der Waals surface area contributed by atoms with Crippen LogP contribution in [-0.4, -0.2) is 26.6 Å². The van der Waals surface area contributed by atoms with Crippen molar-refractivity contribution >= 4 is 40.3 Å². The summed E-state index contributed by atoms with van der Waals surface area (Å²) < 4.78 is 3.35. The summed E-state index contributed by atoms with van der Waals surface area (Å²) in [6, 6.07) is 9.40. The van der Waals surface area contributed by atoms with Crippen molar-refractivity contribution in [3.05, 3.63) is 46.4 Å². The lowest BCUT2D eigenvalue weighted by atomic mass is 10.3. The van der Waals surface area contributed by atoms with Crippen LogP contribution in [0.4, 0.5) is 5.69 Å². The molecule has 0 saturated carbocycles. The van der Waals surface area contributed by atoms with Gasteiger partial charge in [-0.05, 0) is 43.5 Å². The second-order valence-electron chi connectivity index (χ2n) is 4.72. The number of nitrogens with zero attached hydrogens (tertiary/aromatic N) is 2. The number of hydrazine groups is 1.